The number of allylic oxidation sites excluding steroid dienone is 5. The molecule has 0 saturated carbocycles. The van der Waals surface area contributed by atoms with Gasteiger partial charge in [0, 0.05) is 38.7 Å². The molecule has 0 unspecified atom stereocenters. The summed E-state index contributed by atoms with van der Waals surface area (Å²) in [7, 11) is 4.11. The van der Waals surface area contributed by atoms with Crippen molar-refractivity contribution in [1.82, 2.24) is 4.98 Å². The minimum Gasteiger partial charge on any atom is -0.378 e. The van der Waals surface area contributed by atoms with Gasteiger partial charge in [0.15, 0.2) is 0 Å². The largest absolute Gasteiger partial charge is 0.378 e. The van der Waals surface area contributed by atoms with E-state index in [4.69, 9.17) is 0 Å². The second kappa shape index (κ2) is 7.75. The lowest BCUT2D eigenvalue weighted by atomic mass is 9.91. The monoisotopic (exact) mass is 329 g/mol. The van der Waals surface area contributed by atoms with Gasteiger partial charge in [0.05, 0.1) is 5.71 Å². The van der Waals surface area contributed by atoms with Crippen molar-refractivity contribution in [2.75, 3.05) is 25.5 Å². The molecule has 0 fully saturated rings. The van der Waals surface area contributed by atoms with Crippen LogP contribution in [0.3, 0.4) is 0 Å². The third-order valence-electron chi connectivity index (χ3n) is 4.14. The van der Waals surface area contributed by atoms with E-state index in [1.165, 1.54) is 22.4 Å². The van der Waals surface area contributed by atoms with Crippen LogP contribution in [-0.2, 0) is 0 Å². The molecule has 1 heterocycles. The molecule has 0 N–H and O–H groups in total. The van der Waals surface area contributed by atoms with Crippen LogP contribution in [0, 0.1) is 0 Å². The van der Waals surface area contributed by atoms with E-state index in [0.717, 1.165) is 17.8 Å². The first-order chi connectivity index (χ1) is 12.2. The van der Waals surface area contributed by atoms with Crippen LogP contribution in [0.25, 0.3) is 5.57 Å². The van der Waals surface area contributed by atoms with Crippen LogP contribution in [0.4, 0.5) is 5.69 Å². The van der Waals surface area contributed by atoms with Gasteiger partial charge in [0.25, 0.3) is 0 Å². The highest BCUT2D eigenvalue weighted by Crippen LogP contribution is 2.30. The molecular weight excluding hydrogens is 306 g/mol. The Morgan fingerprint density at radius 2 is 1.48 bits per heavy atom. The molecule has 3 heteroatoms. The summed E-state index contributed by atoms with van der Waals surface area (Å²) in [6.45, 7) is 2.85. The molecule has 3 rings (SSSR count). The van der Waals surface area contributed by atoms with Gasteiger partial charge >= 0.3 is 0 Å². The average molecular weight is 329 g/mol. The van der Waals surface area contributed by atoms with E-state index < -0.39 is 0 Å². The van der Waals surface area contributed by atoms with E-state index >= 15 is 0 Å². The normalized spacial score (nSPS) is 13.1. The predicted molar refractivity (Wildman–Crippen MR) is 107 cm³/mol. The average Bonchev–Trinajstić information content (AvgIpc) is 2.65. The lowest BCUT2D eigenvalue weighted by Crippen LogP contribution is -2.08. The van der Waals surface area contributed by atoms with Crippen LogP contribution in [-0.4, -0.2) is 31.3 Å². The minimum atomic E-state index is 0.798. The number of nitrogens with zero attached hydrogens (tertiary/aromatic N) is 3. The van der Waals surface area contributed by atoms with Crippen LogP contribution in [0.15, 0.2) is 83.7 Å². The van der Waals surface area contributed by atoms with Crippen LogP contribution in [0.1, 0.15) is 18.1 Å². The second-order valence-corrected chi connectivity index (χ2v) is 6.07. The maximum absolute atomic E-state index is 4.46. The van der Waals surface area contributed by atoms with E-state index in [1.54, 1.807) is 0 Å². The molecule has 2 aromatic rings. The number of pyridine rings is 1. The van der Waals surface area contributed by atoms with E-state index in [2.05, 4.69) is 96.6 Å². The molecule has 0 aliphatic heterocycles. The number of rotatable bonds is 4. The van der Waals surface area contributed by atoms with Crippen LogP contribution < -0.4 is 4.90 Å². The molecule has 126 valence electrons. The summed E-state index contributed by atoms with van der Waals surface area (Å²) < 4.78 is 0. The minimum absolute atomic E-state index is 0.798. The summed E-state index contributed by atoms with van der Waals surface area (Å²) >= 11 is 0. The fourth-order valence-electron chi connectivity index (χ4n) is 2.86. The van der Waals surface area contributed by atoms with Gasteiger partial charge in [0.1, 0.15) is 0 Å². The zero-order chi connectivity index (χ0) is 17.6. The van der Waals surface area contributed by atoms with Gasteiger partial charge in [-0.25, -0.2) is 0 Å². The van der Waals surface area contributed by atoms with E-state index in [0.29, 0.717) is 0 Å². The number of hydrogen-bond donors (Lipinski definition) is 0. The first-order valence-electron chi connectivity index (χ1n) is 8.52. The van der Waals surface area contributed by atoms with Crippen molar-refractivity contribution in [3.05, 3.63) is 89.8 Å². The molecule has 0 radical (unpaired) electrons. The zero-order valence-corrected chi connectivity index (χ0v) is 15.0. The lowest BCUT2D eigenvalue weighted by Gasteiger charge is -2.16. The van der Waals surface area contributed by atoms with E-state index in [9.17, 15) is 0 Å². The number of aliphatic imine (C=N–C) groups is 1. The maximum atomic E-state index is 4.46. The Morgan fingerprint density at radius 3 is 2.04 bits per heavy atom. The molecule has 0 saturated heterocycles. The van der Waals surface area contributed by atoms with Crippen LogP contribution in [0.2, 0.25) is 0 Å². The van der Waals surface area contributed by atoms with Crippen molar-refractivity contribution in [1.29, 1.82) is 0 Å². The number of hydrogen-bond acceptors (Lipinski definition) is 3. The smallest absolute Gasteiger partial charge is 0.0574 e. The molecule has 0 amide bonds. The summed E-state index contributed by atoms with van der Waals surface area (Å²) in [5, 5.41) is 0. The Labute approximate surface area is 149 Å². The van der Waals surface area contributed by atoms with Gasteiger partial charge in [-0.15, -0.1) is 0 Å². The molecule has 1 aromatic carbocycles. The van der Waals surface area contributed by atoms with Gasteiger partial charge in [-0.1, -0.05) is 24.3 Å². The zero-order valence-electron chi connectivity index (χ0n) is 15.0. The molecule has 0 bridgehead atoms. The number of aromatic nitrogens is 1. The standard InChI is InChI=1S/C22H23N3/c1-4-24-20-9-5-17(6-10-20)22(19-13-15-23-16-14-19)18-7-11-21(12-8-18)25(2)3/h5-16H,4H2,1-3H3. The molecule has 3 nitrogen and oxygen atoms in total. The van der Waals surface area contributed by atoms with Crippen molar-refractivity contribution in [2.24, 2.45) is 4.99 Å². The fourth-order valence-corrected chi connectivity index (χ4v) is 2.86. The van der Waals surface area contributed by atoms with Crippen molar-refractivity contribution in [2.45, 2.75) is 6.92 Å². The van der Waals surface area contributed by atoms with Crippen molar-refractivity contribution >= 4 is 17.0 Å². The maximum Gasteiger partial charge on any atom is 0.0574 e. The Kier molecular flexibility index (Phi) is 5.24. The van der Waals surface area contributed by atoms with Gasteiger partial charge in [-0.2, -0.15) is 0 Å². The predicted octanol–water partition coefficient (Wildman–Crippen LogP) is 4.54. The topological polar surface area (TPSA) is 28.5 Å². The van der Waals surface area contributed by atoms with Gasteiger partial charge in [0.2, 0.25) is 0 Å². The van der Waals surface area contributed by atoms with Gasteiger partial charge in [-0.05, 0) is 65.6 Å². The Balaban J connectivity index is 2.09. The summed E-state index contributed by atoms with van der Waals surface area (Å²) in [4.78, 5) is 10.7. The first kappa shape index (κ1) is 16.9. The summed E-state index contributed by atoms with van der Waals surface area (Å²) in [5.74, 6) is 0. The summed E-state index contributed by atoms with van der Waals surface area (Å²) in [6.07, 6.45) is 12.1. The highest BCUT2D eigenvalue weighted by molar-refractivity contribution is 6.07. The lowest BCUT2D eigenvalue weighted by molar-refractivity contribution is 1.13. The molecule has 0 spiro atoms. The van der Waals surface area contributed by atoms with Crippen molar-refractivity contribution < 1.29 is 0 Å². The Bertz CT molecular complexity index is 821. The molecule has 25 heavy (non-hydrogen) atoms. The summed E-state index contributed by atoms with van der Waals surface area (Å²) in [6, 6.07) is 12.8. The summed E-state index contributed by atoms with van der Waals surface area (Å²) in [5.41, 5.74) is 6.94. The number of benzene rings is 1. The fraction of sp³-hybridized carbons (Fsp3) is 0.182. The van der Waals surface area contributed by atoms with Gasteiger partial charge in [-0.3, -0.25) is 9.98 Å². The molecular formula is C22H23N3. The Hall–Kier alpha value is -2.94. The highest BCUT2D eigenvalue weighted by atomic mass is 15.1. The second-order valence-electron chi connectivity index (χ2n) is 6.07. The molecule has 1 aromatic heterocycles. The third-order valence-corrected chi connectivity index (χ3v) is 4.14. The van der Waals surface area contributed by atoms with Crippen LogP contribution >= 0.6 is 0 Å². The molecule has 1 aliphatic carbocycles. The van der Waals surface area contributed by atoms with E-state index in [1.807, 2.05) is 12.4 Å². The van der Waals surface area contributed by atoms with Crippen LogP contribution in [0.5, 0.6) is 0 Å². The van der Waals surface area contributed by atoms with Crippen molar-refractivity contribution in [3.63, 3.8) is 0 Å². The van der Waals surface area contributed by atoms with E-state index in [-0.39, 0.29) is 0 Å². The van der Waals surface area contributed by atoms with Gasteiger partial charge < -0.3 is 4.90 Å². The SMILES string of the molecule is CCN=C1C=CC(=C(c2ccncc2)c2ccc(N(C)C)cc2)C=C1. The quantitative estimate of drug-likeness (QED) is 0.824. The Morgan fingerprint density at radius 1 is 0.880 bits per heavy atom. The molecule has 1 aliphatic rings. The number of anilines is 1. The molecule has 0 atom stereocenters. The van der Waals surface area contributed by atoms with Crippen molar-refractivity contribution in [3.8, 4) is 0 Å². The first-order valence-corrected chi connectivity index (χ1v) is 8.52. The third kappa shape index (κ3) is 3.94. The highest BCUT2D eigenvalue weighted by Gasteiger charge is 2.11.